The normalized spacial score (nSPS) is 14.8. The number of aryl methyl sites for hydroxylation is 1. The summed E-state index contributed by atoms with van der Waals surface area (Å²) in [6.07, 6.45) is 3.95. The van der Waals surface area contributed by atoms with Crippen molar-refractivity contribution in [1.82, 2.24) is 5.43 Å². The molecule has 3 N–H and O–H groups in total. The van der Waals surface area contributed by atoms with Crippen LogP contribution in [0.1, 0.15) is 24.0 Å². The van der Waals surface area contributed by atoms with E-state index in [9.17, 15) is 0 Å². The van der Waals surface area contributed by atoms with Gasteiger partial charge in [0.2, 0.25) is 0 Å². The number of hydrazine groups is 1. The summed E-state index contributed by atoms with van der Waals surface area (Å²) in [5, 5.41) is 0. The molecule has 1 heterocycles. The molecule has 0 aromatic heterocycles. The highest BCUT2D eigenvalue weighted by Crippen LogP contribution is 2.26. The lowest BCUT2D eigenvalue weighted by molar-refractivity contribution is 0.0654. The van der Waals surface area contributed by atoms with E-state index in [2.05, 4.69) is 23.6 Å². The van der Waals surface area contributed by atoms with Crippen LogP contribution in [0, 0.1) is 0 Å². The lowest BCUT2D eigenvalue weighted by atomic mass is 10.0. The summed E-state index contributed by atoms with van der Waals surface area (Å²) in [7, 11) is 1.68. The first-order valence-electron chi connectivity index (χ1n) is 7.61. The van der Waals surface area contributed by atoms with Crippen molar-refractivity contribution >= 4 is 0 Å². The first-order chi connectivity index (χ1) is 10.3. The molecule has 1 unspecified atom stereocenters. The highest BCUT2D eigenvalue weighted by atomic mass is 16.5. The zero-order valence-electron chi connectivity index (χ0n) is 12.8. The van der Waals surface area contributed by atoms with E-state index >= 15 is 0 Å². The second-order valence-corrected chi connectivity index (χ2v) is 5.34. The average Bonchev–Trinajstić information content (AvgIpc) is 2.97. The summed E-state index contributed by atoms with van der Waals surface area (Å²) in [6.45, 7) is 2.79. The Bertz CT molecular complexity index is 426. The first-order valence-corrected chi connectivity index (χ1v) is 7.61. The van der Waals surface area contributed by atoms with E-state index in [1.807, 2.05) is 0 Å². The van der Waals surface area contributed by atoms with Crippen LogP contribution in [0.2, 0.25) is 0 Å². The highest BCUT2D eigenvalue weighted by Gasteiger charge is 2.13. The number of hydrogen-bond donors (Lipinski definition) is 2. The molecule has 0 aliphatic carbocycles. The van der Waals surface area contributed by atoms with Crippen molar-refractivity contribution in [3.05, 3.63) is 29.3 Å². The molecule has 2 rings (SSSR count). The van der Waals surface area contributed by atoms with Gasteiger partial charge in [0.15, 0.2) is 0 Å². The van der Waals surface area contributed by atoms with E-state index in [0.29, 0.717) is 19.8 Å². The fraction of sp³-hybridized carbons (Fsp3) is 0.625. The van der Waals surface area contributed by atoms with Gasteiger partial charge in [0.25, 0.3) is 0 Å². The molecule has 21 heavy (non-hydrogen) atoms. The summed E-state index contributed by atoms with van der Waals surface area (Å²) < 4.78 is 15.9. The molecule has 1 aliphatic rings. The van der Waals surface area contributed by atoms with Gasteiger partial charge in [-0.3, -0.25) is 11.3 Å². The van der Waals surface area contributed by atoms with E-state index in [4.69, 9.17) is 20.1 Å². The van der Waals surface area contributed by atoms with Crippen LogP contribution in [0.5, 0.6) is 5.75 Å². The van der Waals surface area contributed by atoms with Crippen LogP contribution in [0.3, 0.4) is 0 Å². The maximum Gasteiger partial charge on any atom is 0.122 e. The summed E-state index contributed by atoms with van der Waals surface area (Å²) in [4.78, 5) is 0. The van der Waals surface area contributed by atoms with Crippen LogP contribution in [0.25, 0.3) is 0 Å². The molecule has 0 radical (unpaired) electrons. The first kappa shape index (κ1) is 16.2. The van der Waals surface area contributed by atoms with Crippen LogP contribution in [-0.4, -0.2) is 39.6 Å². The molecular weight excluding hydrogens is 268 g/mol. The van der Waals surface area contributed by atoms with E-state index in [-0.39, 0.29) is 6.04 Å². The minimum atomic E-state index is 0.275. The molecule has 118 valence electrons. The molecule has 5 nitrogen and oxygen atoms in total. The smallest absolute Gasteiger partial charge is 0.122 e. The minimum Gasteiger partial charge on any atom is -0.493 e. The lowest BCUT2D eigenvalue weighted by Gasteiger charge is -2.16. The molecule has 0 fully saturated rings. The largest absolute Gasteiger partial charge is 0.493 e. The van der Waals surface area contributed by atoms with Crippen LogP contribution < -0.4 is 16.0 Å². The second-order valence-electron chi connectivity index (χ2n) is 5.34. The molecular formula is C16H26N2O3. The van der Waals surface area contributed by atoms with Crippen LogP contribution in [0.15, 0.2) is 18.2 Å². The zero-order valence-corrected chi connectivity index (χ0v) is 12.8. The quantitative estimate of drug-likeness (QED) is 0.388. The predicted octanol–water partition coefficient (Wildman–Crippen LogP) is 1.44. The minimum absolute atomic E-state index is 0.275. The van der Waals surface area contributed by atoms with Crippen LogP contribution in [-0.2, 0) is 22.3 Å². The molecule has 0 saturated heterocycles. The Morgan fingerprint density at radius 3 is 3.00 bits per heavy atom. The second kappa shape index (κ2) is 9.00. The van der Waals surface area contributed by atoms with Crippen molar-refractivity contribution in [1.29, 1.82) is 0 Å². The standard InChI is InChI=1S/C16H26N2O3/c1-19-10-11-20-8-7-15(18-17)4-2-13-3-5-16-14(12-13)6-9-21-16/h3,5,12,15,18H,2,4,6-11,17H2,1H3. The van der Waals surface area contributed by atoms with Crippen molar-refractivity contribution in [2.75, 3.05) is 33.5 Å². The Hall–Kier alpha value is -1.14. The number of rotatable bonds is 10. The molecule has 1 aromatic rings. The van der Waals surface area contributed by atoms with Gasteiger partial charge in [-0.15, -0.1) is 0 Å². The number of nitrogens with two attached hydrogens (primary N) is 1. The molecule has 1 atom stereocenters. The average molecular weight is 294 g/mol. The van der Waals surface area contributed by atoms with Gasteiger partial charge in [-0.05, 0) is 36.5 Å². The van der Waals surface area contributed by atoms with Crippen molar-refractivity contribution in [3.63, 3.8) is 0 Å². The van der Waals surface area contributed by atoms with E-state index < -0.39 is 0 Å². The van der Waals surface area contributed by atoms with Crippen LogP contribution in [0.4, 0.5) is 0 Å². The van der Waals surface area contributed by atoms with Crippen molar-refractivity contribution in [3.8, 4) is 5.75 Å². The van der Waals surface area contributed by atoms with Crippen molar-refractivity contribution in [2.45, 2.75) is 31.7 Å². The van der Waals surface area contributed by atoms with Gasteiger partial charge >= 0.3 is 0 Å². The summed E-state index contributed by atoms with van der Waals surface area (Å²) in [5.41, 5.74) is 5.55. The molecule has 0 saturated carbocycles. The summed E-state index contributed by atoms with van der Waals surface area (Å²) in [6, 6.07) is 6.76. The fourth-order valence-electron chi connectivity index (χ4n) is 2.52. The number of benzene rings is 1. The van der Waals surface area contributed by atoms with Gasteiger partial charge in [-0.2, -0.15) is 0 Å². The van der Waals surface area contributed by atoms with Crippen molar-refractivity contribution < 1.29 is 14.2 Å². The number of fused-ring (bicyclic) bond motifs is 1. The van der Waals surface area contributed by atoms with Gasteiger partial charge in [-0.25, -0.2) is 0 Å². The Labute approximate surface area is 126 Å². The summed E-state index contributed by atoms with van der Waals surface area (Å²) >= 11 is 0. The Morgan fingerprint density at radius 1 is 1.29 bits per heavy atom. The van der Waals surface area contributed by atoms with Crippen LogP contribution >= 0.6 is 0 Å². The number of ether oxygens (including phenoxy) is 3. The van der Waals surface area contributed by atoms with Gasteiger partial charge in [-0.1, -0.05) is 12.1 Å². The Balaban J connectivity index is 1.70. The SMILES string of the molecule is COCCOCCC(CCc1ccc2c(c1)CCO2)NN. The van der Waals surface area contributed by atoms with E-state index in [0.717, 1.165) is 38.0 Å². The number of hydrogen-bond acceptors (Lipinski definition) is 5. The maximum atomic E-state index is 5.62. The monoisotopic (exact) mass is 294 g/mol. The zero-order chi connectivity index (χ0) is 14.9. The van der Waals surface area contributed by atoms with E-state index in [1.54, 1.807) is 7.11 Å². The maximum absolute atomic E-state index is 5.62. The van der Waals surface area contributed by atoms with Gasteiger partial charge in [0, 0.05) is 26.2 Å². The molecule has 1 aromatic carbocycles. The summed E-state index contributed by atoms with van der Waals surface area (Å²) in [5.74, 6) is 6.66. The lowest BCUT2D eigenvalue weighted by Crippen LogP contribution is -2.36. The molecule has 0 bridgehead atoms. The topological polar surface area (TPSA) is 65.7 Å². The Morgan fingerprint density at radius 2 is 2.19 bits per heavy atom. The third kappa shape index (κ3) is 5.28. The van der Waals surface area contributed by atoms with Crippen molar-refractivity contribution in [2.24, 2.45) is 5.84 Å². The molecule has 1 aliphatic heterocycles. The van der Waals surface area contributed by atoms with E-state index in [1.165, 1.54) is 11.1 Å². The number of methoxy groups -OCH3 is 1. The van der Waals surface area contributed by atoms with Gasteiger partial charge in [0.05, 0.1) is 19.8 Å². The predicted molar refractivity (Wildman–Crippen MR) is 82.4 cm³/mol. The fourth-order valence-corrected chi connectivity index (χ4v) is 2.52. The molecule has 5 heteroatoms. The third-order valence-corrected chi connectivity index (χ3v) is 3.81. The number of nitrogens with one attached hydrogen (secondary N) is 1. The van der Waals surface area contributed by atoms with Gasteiger partial charge in [0.1, 0.15) is 5.75 Å². The van der Waals surface area contributed by atoms with Gasteiger partial charge < -0.3 is 14.2 Å². The molecule has 0 amide bonds. The molecule has 0 spiro atoms. The third-order valence-electron chi connectivity index (χ3n) is 3.81. The highest BCUT2D eigenvalue weighted by molar-refractivity contribution is 5.39. The Kier molecular flexibility index (Phi) is 6.95.